The average molecular weight is 478 g/mol. The molecule has 1 fully saturated rings. The summed E-state index contributed by atoms with van der Waals surface area (Å²) in [6.07, 6.45) is 3.69. The number of fused-ring (bicyclic) bond motifs is 1. The third kappa shape index (κ3) is 5.53. The maximum atomic E-state index is 13.2. The minimum Gasteiger partial charge on any atom is -0.348 e. The van der Waals surface area contributed by atoms with Crippen molar-refractivity contribution in [3.63, 3.8) is 0 Å². The van der Waals surface area contributed by atoms with Crippen molar-refractivity contribution in [2.45, 2.75) is 42.4 Å². The van der Waals surface area contributed by atoms with Gasteiger partial charge in [-0.05, 0) is 49.7 Å². The lowest BCUT2D eigenvalue weighted by Gasteiger charge is -2.33. The van der Waals surface area contributed by atoms with E-state index in [1.807, 2.05) is 0 Å². The Labute approximate surface area is 190 Å². The van der Waals surface area contributed by atoms with Crippen molar-refractivity contribution < 1.29 is 22.0 Å². The Balaban J connectivity index is 1.34. The summed E-state index contributed by atoms with van der Waals surface area (Å²) in [5.74, 6) is -3.09. The molecule has 1 amide bonds. The third-order valence-corrected chi connectivity index (χ3v) is 8.01. The lowest BCUT2D eigenvalue weighted by molar-refractivity contribution is -0.0183. The molecule has 1 saturated heterocycles. The zero-order chi connectivity index (χ0) is 23.6. The van der Waals surface area contributed by atoms with Crippen molar-refractivity contribution in [2.24, 2.45) is 0 Å². The van der Waals surface area contributed by atoms with Crippen molar-refractivity contribution in [1.82, 2.24) is 25.4 Å². The SMILES string of the molecule is CC(F)(F)CN1CCC(S(=O)(=O)c2ccc(CNC(=O)c3cnc4[nH]ncc4c3)cc2)CC1. The van der Waals surface area contributed by atoms with Gasteiger partial charge in [0.1, 0.15) is 0 Å². The van der Waals surface area contributed by atoms with Gasteiger partial charge in [0.15, 0.2) is 15.5 Å². The van der Waals surface area contributed by atoms with Crippen LogP contribution in [-0.4, -0.2) is 65.2 Å². The van der Waals surface area contributed by atoms with Crippen LogP contribution in [0.5, 0.6) is 0 Å². The van der Waals surface area contributed by atoms with Gasteiger partial charge in [0.25, 0.3) is 11.8 Å². The number of alkyl halides is 2. The van der Waals surface area contributed by atoms with E-state index in [2.05, 4.69) is 20.5 Å². The van der Waals surface area contributed by atoms with Gasteiger partial charge in [0.05, 0.1) is 28.5 Å². The van der Waals surface area contributed by atoms with E-state index in [9.17, 15) is 22.0 Å². The van der Waals surface area contributed by atoms with Gasteiger partial charge in [-0.15, -0.1) is 0 Å². The molecule has 1 aliphatic heterocycles. The molecule has 0 spiro atoms. The van der Waals surface area contributed by atoms with Crippen LogP contribution >= 0.6 is 0 Å². The van der Waals surface area contributed by atoms with Crippen LogP contribution in [0.2, 0.25) is 0 Å². The first-order valence-electron chi connectivity index (χ1n) is 10.6. The number of likely N-dealkylation sites (tertiary alicyclic amines) is 1. The molecule has 3 aromatic rings. The zero-order valence-corrected chi connectivity index (χ0v) is 18.9. The Morgan fingerprint density at radius 3 is 2.58 bits per heavy atom. The molecule has 3 heterocycles. The molecule has 0 saturated carbocycles. The number of amides is 1. The molecule has 0 atom stereocenters. The Morgan fingerprint density at radius 2 is 1.91 bits per heavy atom. The largest absolute Gasteiger partial charge is 0.348 e. The molecular weight excluding hydrogens is 452 g/mol. The summed E-state index contributed by atoms with van der Waals surface area (Å²) in [5.41, 5.74) is 1.74. The van der Waals surface area contributed by atoms with Gasteiger partial charge in [-0.3, -0.25) is 14.8 Å². The van der Waals surface area contributed by atoms with E-state index in [4.69, 9.17) is 0 Å². The number of halogens is 2. The van der Waals surface area contributed by atoms with Crippen LogP contribution < -0.4 is 5.32 Å². The molecule has 176 valence electrons. The number of pyridine rings is 1. The summed E-state index contributed by atoms with van der Waals surface area (Å²) >= 11 is 0. The second-order valence-electron chi connectivity index (χ2n) is 8.45. The Hall–Kier alpha value is -2.92. The summed E-state index contributed by atoms with van der Waals surface area (Å²) in [7, 11) is -3.55. The lowest BCUT2D eigenvalue weighted by atomic mass is 10.1. The number of H-pyrrole nitrogens is 1. The smallest absolute Gasteiger partial charge is 0.257 e. The van der Waals surface area contributed by atoms with E-state index >= 15 is 0 Å². The standard InChI is InChI=1S/C22H25F2N5O3S/c1-22(23,24)14-29-8-6-19(7-9-29)33(31,32)18-4-2-15(3-5-18)11-26-21(30)17-10-16-13-27-28-20(16)25-12-17/h2-5,10,12-13,19H,6-9,11,14H2,1H3,(H,26,30)(H,25,27,28). The van der Waals surface area contributed by atoms with Crippen LogP contribution in [0.4, 0.5) is 8.78 Å². The summed E-state index contributed by atoms with van der Waals surface area (Å²) < 4.78 is 52.4. The normalized spacial score (nSPS) is 16.2. The fraction of sp³-hybridized carbons (Fsp3) is 0.409. The maximum absolute atomic E-state index is 13.2. The van der Waals surface area contributed by atoms with Crippen LogP contribution in [0.3, 0.4) is 0 Å². The van der Waals surface area contributed by atoms with Gasteiger partial charge in [-0.2, -0.15) is 5.10 Å². The highest BCUT2D eigenvalue weighted by molar-refractivity contribution is 7.92. The fourth-order valence-electron chi connectivity index (χ4n) is 4.00. The number of carbonyl (C=O) groups excluding carboxylic acids is 1. The monoisotopic (exact) mass is 477 g/mol. The number of carbonyl (C=O) groups is 1. The third-order valence-electron chi connectivity index (χ3n) is 5.73. The number of aromatic amines is 1. The second-order valence-corrected chi connectivity index (χ2v) is 10.7. The molecule has 0 aliphatic carbocycles. The number of piperidine rings is 1. The first-order chi connectivity index (χ1) is 15.6. The highest BCUT2D eigenvalue weighted by atomic mass is 32.2. The van der Waals surface area contributed by atoms with Crippen molar-refractivity contribution in [3.8, 4) is 0 Å². The Kier molecular flexibility index (Phi) is 6.44. The van der Waals surface area contributed by atoms with Crippen LogP contribution in [0.25, 0.3) is 11.0 Å². The van der Waals surface area contributed by atoms with Gasteiger partial charge < -0.3 is 5.32 Å². The number of rotatable bonds is 7. The second kappa shape index (κ2) is 9.14. The topological polar surface area (TPSA) is 108 Å². The highest BCUT2D eigenvalue weighted by Crippen LogP contribution is 2.26. The van der Waals surface area contributed by atoms with Gasteiger partial charge in [0, 0.05) is 25.1 Å². The van der Waals surface area contributed by atoms with Crippen LogP contribution in [-0.2, 0) is 16.4 Å². The molecule has 2 aromatic heterocycles. The van der Waals surface area contributed by atoms with E-state index in [0.717, 1.165) is 17.9 Å². The van der Waals surface area contributed by atoms with Crippen LogP contribution in [0, 0.1) is 0 Å². The van der Waals surface area contributed by atoms with Crippen molar-refractivity contribution in [2.75, 3.05) is 19.6 Å². The summed E-state index contributed by atoms with van der Waals surface area (Å²) in [6, 6.07) is 8.07. The molecule has 1 aliphatic rings. The first kappa shape index (κ1) is 23.2. The average Bonchev–Trinajstić information content (AvgIpc) is 3.25. The minimum absolute atomic E-state index is 0.200. The van der Waals surface area contributed by atoms with E-state index in [1.165, 1.54) is 18.3 Å². The highest BCUT2D eigenvalue weighted by Gasteiger charge is 2.34. The predicted octanol–water partition coefficient (Wildman–Crippen LogP) is 2.78. The fourth-order valence-corrected chi connectivity index (χ4v) is 5.74. The number of sulfone groups is 1. The number of nitrogens with zero attached hydrogens (tertiary/aromatic N) is 3. The van der Waals surface area contributed by atoms with Crippen molar-refractivity contribution in [3.05, 3.63) is 53.9 Å². The predicted molar refractivity (Wildman–Crippen MR) is 119 cm³/mol. The molecule has 1 aromatic carbocycles. The van der Waals surface area contributed by atoms with Crippen molar-refractivity contribution >= 4 is 26.8 Å². The summed E-state index contributed by atoms with van der Waals surface area (Å²) in [6.45, 7) is 1.40. The molecule has 8 nitrogen and oxygen atoms in total. The lowest BCUT2D eigenvalue weighted by Crippen LogP contribution is -2.43. The minimum atomic E-state index is -3.55. The van der Waals surface area contributed by atoms with Gasteiger partial charge in [-0.25, -0.2) is 22.2 Å². The quantitative estimate of drug-likeness (QED) is 0.542. The first-order valence-corrected chi connectivity index (χ1v) is 12.2. The van der Waals surface area contributed by atoms with Gasteiger partial charge in [0.2, 0.25) is 0 Å². The molecule has 2 N–H and O–H groups in total. The molecule has 0 unspecified atom stereocenters. The van der Waals surface area contributed by atoms with Gasteiger partial charge >= 0.3 is 0 Å². The van der Waals surface area contributed by atoms with Gasteiger partial charge in [-0.1, -0.05) is 12.1 Å². The molecular formula is C22H25F2N5O3S. The number of hydrogen-bond acceptors (Lipinski definition) is 6. The van der Waals surface area contributed by atoms with Crippen LogP contribution in [0.15, 0.2) is 47.6 Å². The maximum Gasteiger partial charge on any atom is 0.257 e. The summed E-state index contributed by atoms with van der Waals surface area (Å²) in [5, 5.41) is 9.53. The van der Waals surface area contributed by atoms with Crippen molar-refractivity contribution in [1.29, 1.82) is 0 Å². The Bertz CT molecular complexity index is 1230. The zero-order valence-electron chi connectivity index (χ0n) is 18.1. The molecule has 4 rings (SSSR count). The number of nitrogens with one attached hydrogen (secondary N) is 2. The molecule has 33 heavy (non-hydrogen) atoms. The van der Waals surface area contributed by atoms with E-state index in [-0.39, 0.29) is 23.9 Å². The van der Waals surface area contributed by atoms with E-state index in [1.54, 1.807) is 29.3 Å². The summed E-state index contributed by atoms with van der Waals surface area (Å²) in [4.78, 5) is 18.3. The molecule has 0 bridgehead atoms. The van der Waals surface area contributed by atoms with Crippen LogP contribution in [0.1, 0.15) is 35.7 Å². The number of aromatic nitrogens is 3. The number of hydrogen-bond donors (Lipinski definition) is 2. The Morgan fingerprint density at radius 1 is 1.21 bits per heavy atom. The number of benzene rings is 1. The van der Waals surface area contributed by atoms with E-state index in [0.29, 0.717) is 37.1 Å². The molecule has 11 heteroatoms. The molecule has 0 radical (unpaired) electrons. The van der Waals surface area contributed by atoms with E-state index < -0.39 is 21.0 Å².